The van der Waals surface area contributed by atoms with Gasteiger partial charge in [0.15, 0.2) is 0 Å². The van der Waals surface area contributed by atoms with E-state index < -0.39 is 0 Å². The highest BCUT2D eigenvalue weighted by Crippen LogP contribution is 2.41. The number of carbonyl (C=O) groups excluding carboxylic acids is 2. The van der Waals surface area contributed by atoms with E-state index in [9.17, 15) is 9.59 Å². The Kier molecular flexibility index (Phi) is 11.4. The first-order valence-electron chi connectivity index (χ1n) is 22.0. The van der Waals surface area contributed by atoms with Crippen LogP contribution in [0.15, 0.2) is 119 Å². The van der Waals surface area contributed by atoms with Crippen molar-refractivity contribution in [3.63, 3.8) is 0 Å². The summed E-state index contributed by atoms with van der Waals surface area (Å²) in [7, 11) is 0. The summed E-state index contributed by atoms with van der Waals surface area (Å²) in [6.07, 6.45) is 7.42. The number of nitrogens with one attached hydrogen (secondary N) is 6. The van der Waals surface area contributed by atoms with Gasteiger partial charge in [-0.15, -0.1) is 0 Å². The fourth-order valence-corrected chi connectivity index (χ4v) is 9.16. The van der Waals surface area contributed by atoms with Crippen molar-refractivity contribution in [3.8, 4) is 45.0 Å². The Balaban J connectivity index is 1.27. The van der Waals surface area contributed by atoms with Gasteiger partial charge in [0.25, 0.3) is 11.8 Å². The quantitative estimate of drug-likeness (QED) is 0.0990. The first kappa shape index (κ1) is 41.6. The van der Waals surface area contributed by atoms with E-state index in [1.165, 1.54) is 11.1 Å². The SMILES string of the molecule is CCCc1c2[nH]c(c1C)-c1[nH]c(c(CCC)c1C)C=Nc1ccccc1NC(=O)c1[nH]c(c(C)c1-c1ccccc1)-c1[nH]c(c(-c3ccccc3)c1C)C(=O)Nc1ccccc1N=C2. The number of aromatic amines is 4. The van der Waals surface area contributed by atoms with Crippen LogP contribution in [0, 0.1) is 27.7 Å². The topological polar surface area (TPSA) is 146 Å². The maximum atomic E-state index is 14.7. The van der Waals surface area contributed by atoms with Crippen LogP contribution in [0.5, 0.6) is 0 Å². The van der Waals surface area contributed by atoms with Gasteiger partial charge in [0.1, 0.15) is 11.4 Å². The summed E-state index contributed by atoms with van der Waals surface area (Å²) < 4.78 is 0. The first-order chi connectivity index (χ1) is 31.2. The second-order valence-electron chi connectivity index (χ2n) is 16.5. The average Bonchev–Trinajstić information content (AvgIpc) is 4.03. The normalized spacial score (nSPS) is 12.7. The molecule has 0 radical (unpaired) electrons. The Hall–Kier alpha value is -7.72. The lowest BCUT2D eigenvalue weighted by atomic mass is 9.97. The third-order valence-corrected chi connectivity index (χ3v) is 12.4. The Labute approximate surface area is 373 Å². The predicted octanol–water partition coefficient (Wildman–Crippen LogP) is 13.1. The molecule has 8 bridgehead atoms. The number of fused-ring (bicyclic) bond motifs is 12. The number of para-hydroxylation sites is 4. The number of H-pyrrole nitrogens is 4. The highest BCUT2D eigenvalue weighted by Gasteiger charge is 2.28. The Bertz CT molecular complexity index is 2890. The number of aromatic nitrogens is 4. The molecule has 0 saturated heterocycles. The minimum Gasteiger partial charge on any atom is -0.352 e. The highest BCUT2D eigenvalue weighted by atomic mass is 16.2. The van der Waals surface area contributed by atoms with Gasteiger partial charge < -0.3 is 30.6 Å². The van der Waals surface area contributed by atoms with Gasteiger partial charge in [-0.1, -0.05) is 112 Å². The maximum absolute atomic E-state index is 14.7. The molecule has 1 aliphatic rings. The molecule has 4 aromatic carbocycles. The lowest BCUT2D eigenvalue weighted by molar-refractivity contribution is 0.101. The zero-order valence-corrected chi connectivity index (χ0v) is 37.1. The molecular weight excluding hydrogens is 793 g/mol. The van der Waals surface area contributed by atoms with Crippen LogP contribution < -0.4 is 10.6 Å². The zero-order chi connectivity index (χ0) is 44.5. The van der Waals surface area contributed by atoms with Crippen molar-refractivity contribution in [1.82, 2.24) is 19.9 Å². The molecule has 8 aromatic rings. The highest BCUT2D eigenvalue weighted by molar-refractivity contribution is 6.12. The molecule has 0 spiro atoms. The van der Waals surface area contributed by atoms with Crippen molar-refractivity contribution in [3.05, 3.63) is 165 Å². The van der Waals surface area contributed by atoms with Crippen molar-refractivity contribution in [2.75, 3.05) is 10.6 Å². The van der Waals surface area contributed by atoms with Crippen molar-refractivity contribution >= 4 is 47.0 Å². The Morgan fingerprint density at radius 1 is 0.422 bits per heavy atom. The number of aliphatic imine (C=N–C) groups is 2. The Morgan fingerprint density at radius 3 is 1.17 bits per heavy atom. The zero-order valence-electron chi connectivity index (χ0n) is 37.1. The number of anilines is 2. The third-order valence-electron chi connectivity index (χ3n) is 12.4. The van der Waals surface area contributed by atoms with Crippen LogP contribution in [0.2, 0.25) is 0 Å². The van der Waals surface area contributed by atoms with Gasteiger partial charge in [-0.2, -0.15) is 0 Å². The molecule has 9 rings (SSSR count). The fourth-order valence-electron chi connectivity index (χ4n) is 9.16. The summed E-state index contributed by atoms with van der Waals surface area (Å²) >= 11 is 0. The molecule has 0 aliphatic carbocycles. The Morgan fingerprint density at radius 2 is 0.781 bits per heavy atom. The maximum Gasteiger partial charge on any atom is 0.272 e. The van der Waals surface area contributed by atoms with Crippen LogP contribution in [0.3, 0.4) is 0 Å². The predicted molar refractivity (Wildman–Crippen MR) is 262 cm³/mol. The number of hydrogen-bond acceptors (Lipinski definition) is 4. The molecule has 64 heavy (non-hydrogen) atoms. The van der Waals surface area contributed by atoms with E-state index in [4.69, 9.17) is 9.98 Å². The largest absolute Gasteiger partial charge is 0.352 e. The van der Waals surface area contributed by atoms with Gasteiger partial charge in [0, 0.05) is 11.1 Å². The summed E-state index contributed by atoms with van der Waals surface area (Å²) in [6.45, 7) is 12.7. The van der Waals surface area contributed by atoms with Crippen LogP contribution in [0.1, 0.15) is 92.4 Å². The fraction of sp³-hybridized carbons (Fsp3) is 0.185. The van der Waals surface area contributed by atoms with E-state index in [1.54, 1.807) is 0 Å². The average molecular weight is 845 g/mol. The molecule has 0 saturated carbocycles. The molecule has 10 nitrogen and oxygen atoms in total. The van der Waals surface area contributed by atoms with Crippen LogP contribution in [-0.4, -0.2) is 44.2 Å². The number of nitrogens with zero attached hydrogens (tertiary/aromatic N) is 2. The van der Waals surface area contributed by atoms with Gasteiger partial charge in [0.05, 0.1) is 69.3 Å². The number of carbonyl (C=O) groups is 2. The smallest absolute Gasteiger partial charge is 0.272 e. The monoisotopic (exact) mass is 844 g/mol. The minimum absolute atomic E-state index is 0.321. The third kappa shape index (κ3) is 7.61. The summed E-state index contributed by atoms with van der Waals surface area (Å²) in [5.74, 6) is -0.642. The number of amides is 2. The second kappa shape index (κ2) is 17.6. The number of rotatable bonds is 6. The van der Waals surface area contributed by atoms with Crippen molar-refractivity contribution in [1.29, 1.82) is 0 Å². The molecule has 4 aromatic heterocycles. The molecular formula is C54H52N8O2. The number of benzene rings is 4. The lowest BCUT2D eigenvalue weighted by Crippen LogP contribution is -2.14. The van der Waals surface area contributed by atoms with E-state index >= 15 is 0 Å². The van der Waals surface area contributed by atoms with Gasteiger partial charge in [-0.25, -0.2) is 0 Å². The van der Waals surface area contributed by atoms with E-state index in [2.05, 4.69) is 58.3 Å². The summed E-state index contributed by atoms with van der Waals surface area (Å²) in [5.41, 5.74) is 18.1. The molecule has 0 unspecified atom stereocenters. The van der Waals surface area contributed by atoms with E-state index in [-0.39, 0.29) is 11.8 Å². The van der Waals surface area contributed by atoms with Crippen LogP contribution in [0.25, 0.3) is 45.0 Å². The molecule has 0 atom stereocenters. The van der Waals surface area contributed by atoms with E-state index in [0.717, 1.165) is 93.0 Å². The summed E-state index contributed by atoms with van der Waals surface area (Å²) in [6, 6.07) is 35.0. The van der Waals surface area contributed by atoms with E-state index in [0.29, 0.717) is 45.5 Å². The standard InChI is InChI=1S/C54H52N8O2/c1-7-19-37-31(3)47-48-32(4)38(20-8-2)44(58-48)30-56-40-26-16-18-28-42(40)60-54(64)52-46(36-23-13-10-14-24-36)34(6)50(62-52)49-33(5)45(35-21-11-9-12-22-35)51(61-49)53(63)59-41-27-17-15-25-39(41)55-29-43(37)57-47/h9-18,21-30,57-58,61-62H,7-8,19-20H2,1-6H3,(H,59,63)(H,60,64). The van der Waals surface area contributed by atoms with Crippen molar-refractivity contribution in [2.24, 2.45) is 9.98 Å². The van der Waals surface area contributed by atoms with E-state index in [1.807, 2.05) is 135 Å². The molecule has 6 N–H and O–H groups in total. The lowest BCUT2D eigenvalue weighted by Gasteiger charge is -2.10. The summed E-state index contributed by atoms with van der Waals surface area (Å²) in [4.78, 5) is 54.0. The van der Waals surface area contributed by atoms with Gasteiger partial charge in [-0.05, 0) is 109 Å². The minimum atomic E-state index is -0.321. The van der Waals surface area contributed by atoms with Crippen molar-refractivity contribution < 1.29 is 9.59 Å². The molecule has 0 fully saturated rings. The van der Waals surface area contributed by atoms with Gasteiger partial charge in [-0.3, -0.25) is 19.6 Å². The van der Waals surface area contributed by atoms with Gasteiger partial charge in [0.2, 0.25) is 0 Å². The van der Waals surface area contributed by atoms with Crippen LogP contribution in [0.4, 0.5) is 22.7 Å². The molecule has 1 aliphatic heterocycles. The first-order valence-corrected chi connectivity index (χ1v) is 22.0. The number of hydrogen-bond donors (Lipinski definition) is 6. The molecule has 2 amide bonds. The van der Waals surface area contributed by atoms with Crippen molar-refractivity contribution in [2.45, 2.75) is 67.2 Å². The van der Waals surface area contributed by atoms with Crippen LogP contribution >= 0.6 is 0 Å². The molecule has 320 valence electrons. The summed E-state index contributed by atoms with van der Waals surface area (Å²) in [5, 5.41) is 6.41. The molecule has 10 heteroatoms. The second-order valence-corrected chi connectivity index (χ2v) is 16.5. The molecule has 5 heterocycles. The van der Waals surface area contributed by atoms with Gasteiger partial charge >= 0.3 is 0 Å². The van der Waals surface area contributed by atoms with Crippen LogP contribution in [-0.2, 0) is 12.8 Å².